The summed E-state index contributed by atoms with van der Waals surface area (Å²) >= 11 is 6.66. The molecule has 1 aliphatic rings. The molecule has 10 heteroatoms. The summed E-state index contributed by atoms with van der Waals surface area (Å²) in [5.41, 5.74) is 3.30. The molecule has 2 aromatic carbocycles. The van der Waals surface area contributed by atoms with Crippen LogP contribution in [-0.2, 0) is 0 Å². The first-order valence-corrected chi connectivity index (χ1v) is 12.5. The van der Waals surface area contributed by atoms with E-state index >= 15 is 0 Å². The number of rotatable bonds is 9. The molecule has 1 unspecified atom stereocenters. The number of anilines is 2. The number of fused-ring (bicyclic) bond motifs is 1. The number of pyridine rings is 1. The molecule has 0 radical (unpaired) electrons. The van der Waals surface area contributed by atoms with Crippen LogP contribution in [0.2, 0.25) is 5.02 Å². The summed E-state index contributed by atoms with van der Waals surface area (Å²) in [6, 6.07) is 12.0. The molecule has 3 N–H and O–H groups in total. The van der Waals surface area contributed by atoms with Crippen molar-refractivity contribution >= 4 is 33.9 Å². The average Bonchev–Trinajstić information content (AvgIpc) is 3.63. The Kier molecular flexibility index (Phi) is 6.71. The highest BCUT2D eigenvalue weighted by atomic mass is 35.5. The molecule has 2 heterocycles. The van der Waals surface area contributed by atoms with Crippen LogP contribution < -0.4 is 10.6 Å². The molecule has 37 heavy (non-hydrogen) atoms. The van der Waals surface area contributed by atoms with E-state index in [-0.39, 0.29) is 12.4 Å². The van der Waals surface area contributed by atoms with E-state index in [1.807, 2.05) is 30.8 Å². The Morgan fingerprint density at radius 2 is 2.03 bits per heavy atom. The minimum Gasteiger partial charge on any atom is -0.396 e. The summed E-state index contributed by atoms with van der Waals surface area (Å²) in [7, 11) is 0. The normalized spacial score (nSPS) is 14.4. The number of nitriles is 1. The number of hydrogen-bond donors (Lipinski definition) is 3. The maximum Gasteiger partial charge on any atom is 0.123 e. The Balaban J connectivity index is 1.56. The number of aliphatic hydroxyl groups excluding tert-OH is 1. The number of aliphatic hydroxyl groups is 1. The van der Waals surface area contributed by atoms with Gasteiger partial charge >= 0.3 is 0 Å². The lowest BCUT2D eigenvalue weighted by Gasteiger charge is -2.24. The van der Waals surface area contributed by atoms with Gasteiger partial charge in [0.1, 0.15) is 17.6 Å². The lowest BCUT2D eigenvalue weighted by molar-refractivity contribution is 0.171. The summed E-state index contributed by atoms with van der Waals surface area (Å²) in [6.45, 7) is 4.28. The summed E-state index contributed by atoms with van der Waals surface area (Å²) in [5, 5.41) is 36.0. The van der Waals surface area contributed by atoms with Crippen LogP contribution in [0.4, 0.5) is 15.8 Å². The molecule has 0 saturated heterocycles. The highest BCUT2D eigenvalue weighted by Crippen LogP contribution is 2.37. The maximum absolute atomic E-state index is 13.7. The molecule has 1 atom stereocenters. The van der Waals surface area contributed by atoms with Crippen molar-refractivity contribution < 1.29 is 9.50 Å². The van der Waals surface area contributed by atoms with Gasteiger partial charge in [0.15, 0.2) is 0 Å². The fourth-order valence-electron chi connectivity index (χ4n) is 4.09. The number of halogens is 2. The molecule has 1 saturated carbocycles. The van der Waals surface area contributed by atoms with Crippen LogP contribution in [0.15, 0.2) is 48.8 Å². The quantitative estimate of drug-likeness (QED) is 0.269. The minimum atomic E-state index is -0.418. The van der Waals surface area contributed by atoms with E-state index < -0.39 is 11.5 Å². The molecule has 1 aliphatic carbocycles. The topological polar surface area (TPSA) is 112 Å². The molecule has 2 aromatic heterocycles. The van der Waals surface area contributed by atoms with E-state index in [1.54, 1.807) is 18.2 Å². The van der Waals surface area contributed by atoms with E-state index in [0.29, 0.717) is 51.1 Å². The van der Waals surface area contributed by atoms with Crippen LogP contribution in [0.3, 0.4) is 0 Å². The summed E-state index contributed by atoms with van der Waals surface area (Å²) < 4.78 is 15.6. The third-order valence-corrected chi connectivity index (χ3v) is 6.76. The van der Waals surface area contributed by atoms with Gasteiger partial charge in [-0.1, -0.05) is 42.8 Å². The predicted molar refractivity (Wildman–Crippen MR) is 141 cm³/mol. The Hall–Kier alpha value is -3.74. The van der Waals surface area contributed by atoms with E-state index in [1.165, 1.54) is 18.3 Å². The lowest BCUT2D eigenvalue weighted by atomic mass is 9.94. The van der Waals surface area contributed by atoms with Crippen LogP contribution in [-0.4, -0.2) is 38.2 Å². The third kappa shape index (κ3) is 5.36. The molecule has 4 aromatic rings. The zero-order valence-corrected chi connectivity index (χ0v) is 21.3. The Morgan fingerprint density at radius 3 is 2.70 bits per heavy atom. The summed E-state index contributed by atoms with van der Waals surface area (Å²) in [4.78, 5) is 4.41. The van der Waals surface area contributed by atoms with Crippen molar-refractivity contribution in [2.75, 3.05) is 23.8 Å². The van der Waals surface area contributed by atoms with Gasteiger partial charge in [-0.15, -0.1) is 5.10 Å². The Bertz CT molecular complexity index is 1470. The Labute approximate surface area is 219 Å². The van der Waals surface area contributed by atoms with Crippen LogP contribution in [0.5, 0.6) is 0 Å². The van der Waals surface area contributed by atoms with E-state index in [0.717, 1.165) is 18.4 Å². The number of aromatic nitrogens is 4. The van der Waals surface area contributed by atoms with Crippen LogP contribution >= 0.6 is 11.6 Å². The molecule has 0 aliphatic heterocycles. The standard InChI is InChI=1S/C27H27ClFN7O/c1-27(2,15-37)14-32-24-17(11-30)12-31-26-21(24)9-19(10-22(26)28)33-25(16-3-5-18(29)6-4-16)23-13-36(35-34-23)20-7-8-20/h3-6,9-10,12-13,20,25,33,37H,7-8,14-15H2,1-2H3,(H,31,32). The molecule has 5 rings (SSSR count). The van der Waals surface area contributed by atoms with Gasteiger partial charge in [-0.05, 0) is 42.7 Å². The fraction of sp³-hybridized carbons (Fsp3) is 0.333. The van der Waals surface area contributed by atoms with Crippen molar-refractivity contribution in [3.63, 3.8) is 0 Å². The van der Waals surface area contributed by atoms with Crippen molar-refractivity contribution in [3.8, 4) is 6.07 Å². The van der Waals surface area contributed by atoms with Gasteiger partial charge in [0, 0.05) is 35.8 Å². The number of hydrogen-bond acceptors (Lipinski definition) is 7. The molecule has 0 bridgehead atoms. The first kappa shape index (κ1) is 24.9. The molecular formula is C27H27ClFN7O. The van der Waals surface area contributed by atoms with Gasteiger partial charge in [0.25, 0.3) is 0 Å². The van der Waals surface area contributed by atoms with Crippen molar-refractivity contribution in [3.05, 3.63) is 76.5 Å². The highest BCUT2D eigenvalue weighted by Gasteiger charge is 2.27. The van der Waals surface area contributed by atoms with Crippen molar-refractivity contribution in [2.24, 2.45) is 5.41 Å². The zero-order chi connectivity index (χ0) is 26.2. The van der Waals surface area contributed by atoms with E-state index in [4.69, 9.17) is 11.6 Å². The van der Waals surface area contributed by atoms with Gasteiger partial charge < -0.3 is 15.7 Å². The number of nitrogens with one attached hydrogen (secondary N) is 2. The zero-order valence-electron chi connectivity index (χ0n) is 20.5. The van der Waals surface area contributed by atoms with Gasteiger partial charge in [-0.2, -0.15) is 5.26 Å². The van der Waals surface area contributed by atoms with Crippen molar-refractivity contribution in [1.82, 2.24) is 20.0 Å². The lowest BCUT2D eigenvalue weighted by Crippen LogP contribution is -2.27. The second-order valence-corrected chi connectivity index (χ2v) is 10.6. The van der Waals surface area contributed by atoms with Crippen molar-refractivity contribution in [1.29, 1.82) is 5.26 Å². The highest BCUT2D eigenvalue weighted by molar-refractivity contribution is 6.35. The van der Waals surface area contributed by atoms with Crippen LogP contribution in [0.1, 0.15) is 55.6 Å². The SMILES string of the molecule is CC(C)(CO)CNc1c(C#N)cnc2c(Cl)cc(NC(c3ccc(F)cc3)c3cn(C4CC4)nn3)cc12. The minimum absolute atomic E-state index is 0.0145. The number of nitrogens with zero attached hydrogens (tertiary/aromatic N) is 5. The first-order valence-electron chi connectivity index (χ1n) is 12.1. The molecule has 0 spiro atoms. The van der Waals surface area contributed by atoms with Gasteiger partial charge in [0.2, 0.25) is 0 Å². The predicted octanol–water partition coefficient (Wildman–Crippen LogP) is 5.46. The smallest absolute Gasteiger partial charge is 0.123 e. The van der Waals surface area contributed by atoms with E-state index in [2.05, 4.69) is 32.0 Å². The maximum atomic E-state index is 13.7. The molecule has 190 valence electrons. The second kappa shape index (κ2) is 9.96. The second-order valence-electron chi connectivity index (χ2n) is 10.2. The molecule has 0 amide bonds. The number of benzene rings is 2. The van der Waals surface area contributed by atoms with Crippen LogP contribution in [0.25, 0.3) is 10.9 Å². The average molecular weight is 520 g/mol. The third-order valence-electron chi connectivity index (χ3n) is 6.48. The van der Waals surface area contributed by atoms with Gasteiger partial charge in [-0.25, -0.2) is 9.07 Å². The largest absolute Gasteiger partial charge is 0.396 e. The van der Waals surface area contributed by atoms with E-state index in [9.17, 15) is 14.8 Å². The molecule has 8 nitrogen and oxygen atoms in total. The molecule has 1 fully saturated rings. The fourth-order valence-corrected chi connectivity index (χ4v) is 4.36. The van der Waals surface area contributed by atoms with Gasteiger partial charge in [0.05, 0.1) is 40.1 Å². The monoisotopic (exact) mass is 519 g/mol. The summed E-state index contributed by atoms with van der Waals surface area (Å²) in [6.07, 6.45) is 5.57. The first-order chi connectivity index (χ1) is 17.8. The van der Waals surface area contributed by atoms with Crippen molar-refractivity contribution in [2.45, 2.75) is 38.8 Å². The molecular weight excluding hydrogens is 493 g/mol. The Morgan fingerprint density at radius 1 is 1.27 bits per heavy atom. The summed E-state index contributed by atoms with van der Waals surface area (Å²) in [5.74, 6) is -0.325. The van der Waals surface area contributed by atoms with Gasteiger partial charge in [-0.3, -0.25) is 4.98 Å². The van der Waals surface area contributed by atoms with Crippen LogP contribution in [0, 0.1) is 22.6 Å².